The quantitative estimate of drug-likeness (QED) is 0.500. The van der Waals surface area contributed by atoms with E-state index in [-0.39, 0.29) is 29.9 Å². The van der Waals surface area contributed by atoms with Crippen molar-refractivity contribution in [3.05, 3.63) is 46.5 Å². The van der Waals surface area contributed by atoms with Gasteiger partial charge < -0.3 is 10.5 Å². The van der Waals surface area contributed by atoms with Crippen LogP contribution in [0.4, 0.5) is 5.69 Å². The van der Waals surface area contributed by atoms with E-state index in [0.717, 1.165) is 0 Å². The average molecular weight is 259 g/mol. The van der Waals surface area contributed by atoms with Gasteiger partial charge in [0.15, 0.2) is 5.75 Å². The normalized spacial score (nSPS) is 11.2. The summed E-state index contributed by atoms with van der Waals surface area (Å²) >= 11 is 0. The van der Waals surface area contributed by atoms with Crippen LogP contribution in [0, 0.1) is 10.1 Å². The summed E-state index contributed by atoms with van der Waals surface area (Å²) in [6, 6.07) is 4.44. The van der Waals surface area contributed by atoms with Gasteiger partial charge in [-0.1, -0.05) is 12.1 Å². The Labute approximate surface area is 106 Å². The lowest BCUT2D eigenvalue weighted by atomic mass is 10.0. The summed E-state index contributed by atoms with van der Waals surface area (Å²) < 4.78 is 4.90. The van der Waals surface area contributed by atoms with Crippen molar-refractivity contribution in [3.8, 4) is 5.75 Å². The molecule has 1 rings (SSSR count). The van der Waals surface area contributed by atoms with E-state index in [4.69, 9.17) is 10.5 Å². The number of ether oxygens (including phenoxy) is 1. The molecule has 0 spiro atoms. The van der Waals surface area contributed by atoms with Crippen molar-refractivity contribution in [2.24, 2.45) is 5.73 Å². The molecule has 0 aromatic heterocycles. The maximum atomic E-state index is 10.8. The molecule has 0 fully saturated rings. The third-order valence-electron chi connectivity index (χ3n) is 2.25. The first-order chi connectivity index (χ1) is 7.60. The van der Waals surface area contributed by atoms with E-state index in [1.165, 1.54) is 13.2 Å². The predicted octanol–water partition coefficient (Wildman–Crippen LogP) is 2.60. The number of hydrogen-bond acceptors (Lipinski definition) is 4. The predicted molar refractivity (Wildman–Crippen MR) is 68.6 cm³/mol. The maximum absolute atomic E-state index is 10.8. The number of rotatable bonds is 5. The monoisotopic (exact) mass is 258 g/mol. The van der Waals surface area contributed by atoms with Crippen LogP contribution in [0.3, 0.4) is 0 Å². The van der Waals surface area contributed by atoms with Gasteiger partial charge in [-0.2, -0.15) is 0 Å². The van der Waals surface area contributed by atoms with Gasteiger partial charge in [0.05, 0.1) is 12.0 Å². The van der Waals surface area contributed by atoms with Crippen LogP contribution in [-0.2, 0) is 0 Å². The topological polar surface area (TPSA) is 78.4 Å². The first kappa shape index (κ1) is 15.4. The third-order valence-corrected chi connectivity index (χ3v) is 2.25. The molecular weight excluding hydrogens is 244 g/mol. The van der Waals surface area contributed by atoms with Gasteiger partial charge in [0.1, 0.15) is 0 Å². The van der Waals surface area contributed by atoms with E-state index in [9.17, 15) is 10.1 Å². The minimum absolute atomic E-state index is 0. The fourth-order valence-corrected chi connectivity index (χ4v) is 1.40. The first-order valence-electron chi connectivity index (χ1n) is 4.79. The minimum Gasteiger partial charge on any atom is -0.490 e. The van der Waals surface area contributed by atoms with Crippen LogP contribution in [-0.4, -0.2) is 12.0 Å². The third kappa shape index (κ3) is 3.72. The number of nitrogens with zero attached hydrogens (tertiary/aromatic N) is 1. The van der Waals surface area contributed by atoms with Crippen LogP contribution in [0.2, 0.25) is 0 Å². The summed E-state index contributed by atoms with van der Waals surface area (Å²) in [7, 11) is 1.39. The van der Waals surface area contributed by atoms with E-state index in [1.54, 1.807) is 18.2 Å². The lowest BCUT2D eigenvalue weighted by Gasteiger charge is -2.10. The molecule has 94 valence electrons. The second-order valence-corrected chi connectivity index (χ2v) is 3.32. The second-order valence-electron chi connectivity index (χ2n) is 3.32. The Morgan fingerprint density at radius 3 is 2.76 bits per heavy atom. The number of methoxy groups -OCH3 is 1. The van der Waals surface area contributed by atoms with Gasteiger partial charge in [-0.05, 0) is 18.1 Å². The number of halogens is 1. The Bertz CT molecular complexity index is 410. The van der Waals surface area contributed by atoms with Crippen LogP contribution in [0.15, 0.2) is 30.9 Å². The summed E-state index contributed by atoms with van der Waals surface area (Å²) in [5.41, 5.74) is 6.46. The van der Waals surface area contributed by atoms with E-state index >= 15 is 0 Å². The summed E-state index contributed by atoms with van der Waals surface area (Å²) in [4.78, 5) is 10.3. The molecule has 17 heavy (non-hydrogen) atoms. The first-order valence-corrected chi connectivity index (χ1v) is 4.79. The minimum atomic E-state index is -0.483. The summed E-state index contributed by atoms with van der Waals surface area (Å²) in [5.74, 6) is 0.236. The molecule has 1 atom stereocenters. The molecule has 0 aliphatic carbocycles. The van der Waals surface area contributed by atoms with E-state index in [1.807, 2.05) is 0 Å². The Morgan fingerprint density at radius 1 is 1.65 bits per heavy atom. The van der Waals surface area contributed by atoms with Crippen LogP contribution < -0.4 is 10.5 Å². The van der Waals surface area contributed by atoms with Gasteiger partial charge in [-0.3, -0.25) is 10.1 Å². The zero-order valence-corrected chi connectivity index (χ0v) is 10.3. The Hall–Kier alpha value is -1.59. The highest BCUT2D eigenvalue weighted by atomic mass is 35.5. The molecule has 0 aliphatic rings. The lowest BCUT2D eigenvalue weighted by Crippen LogP contribution is -2.09. The molecule has 0 amide bonds. The highest BCUT2D eigenvalue weighted by Crippen LogP contribution is 2.29. The van der Waals surface area contributed by atoms with Crippen molar-refractivity contribution in [1.82, 2.24) is 0 Å². The Kier molecular flexibility index (Phi) is 6.23. The maximum Gasteiger partial charge on any atom is 0.311 e. The van der Waals surface area contributed by atoms with Gasteiger partial charge in [0, 0.05) is 12.1 Å². The van der Waals surface area contributed by atoms with Gasteiger partial charge >= 0.3 is 5.69 Å². The van der Waals surface area contributed by atoms with Crippen LogP contribution >= 0.6 is 12.4 Å². The molecule has 0 radical (unpaired) electrons. The molecule has 2 N–H and O–H groups in total. The Morgan fingerprint density at radius 2 is 2.29 bits per heavy atom. The molecule has 0 unspecified atom stereocenters. The lowest BCUT2D eigenvalue weighted by molar-refractivity contribution is -0.385. The largest absolute Gasteiger partial charge is 0.490 e. The number of hydrogen-bond donors (Lipinski definition) is 1. The molecular formula is C11H15ClN2O3. The molecule has 1 aromatic rings. The standard InChI is InChI=1S/C11H14N2O3.ClH/c1-3-4-9(12)8-5-6-11(16-2)10(7-8)13(14)15;/h3,5-7,9H,1,4,12H2,2H3;1H/t9-;/m1./s1. The molecule has 0 aliphatic heterocycles. The van der Waals surface area contributed by atoms with Crippen LogP contribution in [0.5, 0.6) is 5.75 Å². The molecule has 0 saturated carbocycles. The fraction of sp³-hybridized carbons (Fsp3) is 0.273. The SMILES string of the molecule is C=CC[C@@H](N)c1ccc(OC)c([N+](=O)[O-])c1.Cl. The molecule has 0 saturated heterocycles. The highest BCUT2D eigenvalue weighted by Gasteiger charge is 2.17. The van der Waals surface area contributed by atoms with Gasteiger partial charge in [0.2, 0.25) is 0 Å². The van der Waals surface area contributed by atoms with E-state index in [0.29, 0.717) is 12.0 Å². The summed E-state index contributed by atoms with van der Waals surface area (Å²) in [6.07, 6.45) is 2.25. The van der Waals surface area contributed by atoms with E-state index < -0.39 is 4.92 Å². The fourth-order valence-electron chi connectivity index (χ4n) is 1.40. The van der Waals surface area contributed by atoms with Crippen LogP contribution in [0.25, 0.3) is 0 Å². The zero-order chi connectivity index (χ0) is 12.1. The van der Waals surface area contributed by atoms with Crippen molar-refractivity contribution in [3.63, 3.8) is 0 Å². The number of nitro benzene ring substituents is 1. The van der Waals surface area contributed by atoms with Crippen molar-refractivity contribution < 1.29 is 9.66 Å². The molecule has 0 bridgehead atoms. The zero-order valence-electron chi connectivity index (χ0n) is 9.46. The highest BCUT2D eigenvalue weighted by molar-refractivity contribution is 5.85. The van der Waals surface area contributed by atoms with Crippen molar-refractivity contribution in [1.29, 1.82) is 0 Å². The van der Waals surface area contributed by atoms with Crippen molar-refractivity contribution >= 4 is 18.1 Å². The smallest absolute Gasteiger partial charge is 0.311 e. The van der Waals surface area contributed by atoms with Crippen molar-refractivity contribution in [2.45, 2.75) is 12.5 Å². The van der Waals surface area contributed by atoms with Gasteiger partial charge in [0.25, 0.3) is 0 Å². The molecule has 0 heterocycles. The molecule has 5 nitrogen and oxygen atoms in total. The second kappa shape index (κ2) is 6.88. The van der Waals surface area contributed by atoms with E-state index in [2.05, 4.69) is 6.58 Å². The van der Waals surface area contributed by atoms with Crippen molar-refractivity contribution in [2.75, 3.05) is 7.11 Å². The number of nitro groups is 1. The van der Waals surface area contributed by atoms with Crippen LogP contribution in [0.1, 0.15) is 18.0 Å². The Balaban J connectivity index is 0.00000256. The molecule has 6 heteroatoms. The molecule has 1 aromatic carbocycles. The number of benzene rings is 1. The summed E-state index contributed by atoms with van der Waals surface area (Å²) in [5, 5.41) is 10.8. The average Bonchev–Trinajstić information content (AvgIpc) is 2.28. The van der Waals surface area contributed by atoms with Gasteiger partial charge in [-0.25, -0.2) is 0 Å². The van der Waals surface area contributed by atoms with Gasteiger partial charge in [-0.15, -0.1) is 19.0 Å². The summed E-state index contributed by atoms with van der Waals surface area (Å²) in [6.45, 7) is 3.58. The number of nitrogens with two attached hydrogens (primary N) is 1.